The third-order valence-electron chi connectivity index (χ3n) is 16.9. The number of nitrogens with one attached hydrogen (secondary N) is 1. The Morgan fingerprint density at radius 2 is 0.675 bits per heavy atom. The van der Waals surface area contributed by atoms with Crippen LogP contribution in [0.4, 0.5) is 0 Å². The van der Waals surface area contributed by atoms with Crippen LogP contribution in [0, 0.1) is 0 Å². The molecule has 0 aliphatic carbocycles. The van der Waals surface area contributed by atoms with Gasteiger partial charge < -0.3 is 50.5 Å². The number of aliphatic hydroxyl groups is 7. The molecule has 0 spiro atoms. The van der Waals surface area contributed by atoms with E-state index in [2.05, 4.69) is 19.2 Å². The lowest BCUT2D eigenvalue weighted by molar-refractivity contribution is -0.303. The second-order valence-corrected chi connectivity index (χ2v) is 24.3. The molecule has 11 heteroatoms. The summed E-state index contributed by atoms with van der Waals surface area (Å²) >= 11 is 0. The van der Waals surface area contributed by atoms with Crippen LogP contribution < -0.4 is 5.32 Å². The molecular formula is C66H131NO10. The van der Waals surface area contributed by atoms with E-state index >= 15 is 0 Å². The highest BCUT2D eigenvalue weighted by molar-refractivity contribution is 5.80. The molecule has 1 rings (SSSR count). The lowest BCUT2D eigenvalue weighted by Crippen LogP contribution is -2.60. The first kappa shape index (κ1) is 74.1. The molecule has 77 heavy (non-hydrogen) atoms. The van der Waals surface area contributed by atoms with Crippen LogP contribution in [0.2, 0.25) is 0 Å². The van der Waals surface area contributed by atoms with Crippen LogP contribution in [0.25, 0.3) is 0 Å². The van der Waals surface area contributed by atoms with Crippen molar-refractivity contribution in [2.24, 2.45) is 0 Å². The van der Waals surface area contributed by atoms with Crippen molar-refractivity contribution < 1.29 is 50.0 Å². The lowest BCUT2D eigenvalue weighted by Gasteiger charge is -2.40. The number of amides is 1. The van der Waals surface area contributed by atoms with Crippen molar-refractivity contribution in [3.63, 3.8) is 0 Å². The SMILES string of the molecule is CCCCCCCCCCCCCCCCCCCCCCCCCCCCCCCCCCC(O)C(=O)NC(COC1OC(CO)C(O)C(O)C1O)C(O)C(O)CCCCCCCCCCCCCCCCCCCC. The predicted octanol–water partition coefficient (Wildman–Crippen LogP) is 15.7. The maximum absolute atomic E-state index is 13.2. The molecule has 1 aliphatic heterocycles. The molecule has 1 saturated heterocycles. The zero-order valence-electron chi connectivity index (χ0n) is 50.7. The highest BCUT2D eigenvalue weighted by Gasteiger charge is 2.44. The van der Waals surface area contributed by atoms with Crippen molar-refractivity contribution in [3.8, 4) is 0 Å². The Morgan fingerprint density at radius 1 is 0.403 bits per heavy atom. The normalized spacial score (nSPS) is 19.4. The number of carbonyl (C=O) groups is 1. The average Bonchev–Trinajstić information content (AvgIpc) is 3.43. The third kappa shape index (κ3) is 43.5. The van der Waals surface area contributed by atoms with E-state index in [0.717, 1.165) is 38.5 Å². The van der Waals surface area contributed by atoms with Crippen LogP contribution in [0.15, 0.2) is 0 Å². The van der Waals surface area contributed by atoms with Crippen molar-refractivity contribution >= 4 is 5.91 Å². The first-order valence-electron chi connectivity index (χ1n) is 33.9. The number of carbonyl (C=O) groups excluding carboxylic acids is 1. The van der Waals surface area contributed by atoms with Crippen LogP contribution in [0.5, 0.6) is 0 Å². The molecule has 11 nitrogen and oxygen atoms in total. The number of rotatable bonds is 60. The monoisotopic (exact) mass is 1100 g/mol. The van der Waals surface area contributed by atoms with E-state index in [1.807, 2.05) is 0 Å². The number of unbranched alkanes of at least 4 members (excludes halogenated alkanes) is 48. The standard InChI is InChI=1S/C66H131NO10/c1-3-5-7-9-11-13-15-17-19-21-23-24-25-26-27-28-29-30-31-32-33-34-35-36-38-40-42-44-46-48-50-52-54-59(70)65(75)67-57(56-76-66-64(74)63(73)62(72)60(55-68)77-66)61(71)58(69)53-51-49-47-45-43-41-39-37-22-20-18-16-14-12-10-8-6-4-2/h57-64,66,68-74H,3-56H2,1-2H3,(H,67,75). The molecule has 1 aliphatic rings. The molecule has 1 amide bonds. The van der Waals surface area contributed by atoms with Crippen molar-refractivity contribution in [1.29, 1.82) is 0 Å². The van der Waals surface area contributed by atoms with E-state index in [-0.39, 0.29) is 6.42 Å². The lowest BCUT2D eigenvalue weighted by atomic mass is 9.98. The Morgan fingerprint density at radius 3 is 0.961 bits per heavy atom. The number of aliphatic hydroxyl groups excluding tert-OH is 7. The van der Waals surface area contributed by atoms with E-state index in [4.69, 9.17) is 9.47 Å². The van der Waals surface area contributed by atoms with E-state index in [1.54, 1.807) is 0 Å². The quantitative estimate of drug-likeness (QED) is 0.0272. The second-order valence-electron chi connectivity index (χ2n) is 24.3. The molecule has 8 N–H and O–H groups in total. The summed E-state index contributed by atoms with van der Waals surface area (Å²) in [6.45, 7) is 3.52. The zero-order chi connectivity index (χ0) is 56.1. The van der Waals surface area contributed by atoms with E-state index in [9.17, 15) is 40.5 Å². The van der Waals surface area contributed by atoms with Gasteiger partial charge in [-0.15, -0.1) is 0 Å². The van der Waals surface area contributed by atoms with Gasteiger partial charge in [0.15, 0.2) is 6.29 Å². The molecule has 0 bridgehead atoms. The molecule has 0 saturated carbocycles. The van der Waals surface area contributed by atoms with Crippen molar-refractivity contribution in [3.05, 3.63) is 0 Å². The molecule has 1 fully saturated rings. The fourth-order valence-electron chi connectivity index (χ4n) is 11.4. The van der Waals surface area contributed by atoms with Gasteiger partial charge in [0.2, 0.25) is 5.91 Å². The minimum atomic E-state index is -1.66. The molecule has 0 radical (unpaired) electrons. The molecule has 9 unspecified atom stereocenters. The van der Waals surface area contributed by atoms with Gasteiger partial charge in [-0.3, -0.25) is 4.79 Å². The van der Waals surface area contributed by atoms with Crippen molar-refractivity contribution in [2.75, 3.05) is 13.2 Å². The minimum absolute atomic E-state index is 0.268. The molecule has 0 aromatic rings. The van der Waals surface area contributed by atoms with Crippen LogP contribution in [0.1, 0.15) is 348 Å². The Bertz CT molecular complexity index is 1210. The van der Waals surface area contributed by atoms with Gasteiger partial charge in [-0.2, -0.15) is 0 Å². The first-order valence-corrected chi connectivity index (χ1v) is 33.9. The number of hydrogen-bond acceptors (Lipinski definition) is 10. The Kier molecular flexibility index (Phi) is 53.6. The van der Waals surface area contributed by atoms with E-state index in [0.29, 0.717) is 19.3 Å². The van der Waals surface area contributed by atoms with Gasteiger partial charge in [0.05, 0.1) is 25.4 Å². The summed E-state index contributed by atoms with van der Waals surface area (Å²) in [5.74, 6) is -0.687. The van der Waals surface area contributed by atoms with Crippen LogP contribution in [-0.4, -0.2) is 110 Å². The summed E-state index contributed by atoms with van der Waals surface area (Å²) in [6, 6.07) is -1.16. The Labute approximate surface area is 475 Å². The van der Waals surface area contributed by atoms with Gasteiger partial charge in [-0.05, 0) is 12.8 Å². The second kappa shape index (κ2) is 55.6. The molecular weight excluding hydrogens is 967 g/mol. The molecule has 1 heterocycles. The average molecular weight is 1100 g/mol. The highest BCUT2D eigenvalue weighted by atomic mass is 16.7. The maximum atomic E-state index is 13.2. The molecule has 9 atom stereocenters. The fraction of sp³-hybridized carbons (Fsp3) is 0.985. The van der Waals surface area contributed by atoms with E-state index < -0.39 is 74.2 Å². The summed E-state index contributed by atoms with van der Waals surface area (Å²) in [7, 11) is 0. The van der Waals surface area contributed by atoms with Gasteiger partial charge in [0, 0.05) is 0 Å². The summed E-state index contributed by atoms with van der Waals surface area (Å²) in [4.78, 5) is 13.2. The summed E-state index contributed by atoms with van der Waals surface area (Å²) < 4.78 is 11.2. The smallest absolute Gasteiger partial charge is 0.249 e. The summed E-state index contributed by atoms with van der Waals surface area (Å²) in [6.07, 6.45) is 54.7. The fourth-order valence-corrected chi connectivity index (χ4v) is 11.4. The topological polar surface area (TPSA) is 189 Å². The van der Waals surface area contributed by atoms with Crippen molar-refractivity contribution in [2.45, 2.75) is 403 Å². The maximum Gasteiger partial charge on any atom is 0.249 e. The van der Waals surface area contributed by atoms with Crippen LogP contribution in [-0.2, 0) is 14.3 Å². The van der Waals surface area contributed by atoms with Gasteiger partial charge in [-0.1, -0.05) is 335 Å². The molecule has 0 aromatic heterocycles. The van der Waals surface area contributed by atoms with Gasteiger partial charge in [0.1, 0.15) is 36.6 Å². The zero-order valence-corrected chi connectivity index (χ0v) is 50.7. The van der Waals surface area contributed by atoms with Crippen LogP contribution >= 0.6 is 0 Å². The first-order chi connectivity index (χ1) is 37.7. The number of ether oxygens (including phenoxy) is 2. The minimum Gasteiger partial charge on any atom is -0.394 e. The predicted molar refractivity (Wildman–Crippen MR) is 321 cm³/mol. The third-order valence-corrected chi connectivity index (χ3v) is 16.9. The van der Waals surface area contributed by atoms with Gasteiger partial charge >= 0.3 is 0 Å². The summed E-state index contributed by atoms with van der Waals surface area (Å²) in [5.41, 5.74) is 0. The Hall–Kier alpha value is -0.890. The number of hydrogen-bond donors (Lipinski definition) is 8. The summed E-state index contributed by atoms with van der Waals surface area (Å²) in [5, 5.41) is 76.4. The molecule has 0 aromatic carbocycles. The van der Waals surface area contributed by atoms with Gasteiger partial charge in [-0.25, -0.2) is 0 Å². The van der Waals surface area contributed by atoms with Crippen molar-refractivity contribution in [1.82, 2.24) is 5.32 Å². The molecule has 460 valence electrons. The van der Waals surface area contributed by atoms with Gasteiger partial charge in [0.25, 0.3) is 0 Å². The van der Waals surface area contributed by atoms with Crippen LogP contribution in [0.3, 0.4) is 0 Å². The Balaban J connectivity index is 2.16. The highest BCUT2D eigenvalue weighted by Crippen LogP contribution is 2.24. The van der Waals surface area contributed by atoms with E-state index in [1.165, 1.54) is 270 Å². The largest absolute Gasteiger partial charge is 0.394 e.